The smallest absolute Gasteiger partial charge is 0.338 e. The molecule has 0 saturated heterocycles. The van der Waals surface area contributed by atoms with Gasteiger partial charge in [0, 0.05) is 5.56 Å². The summed E-state index contributed by atoms with van der Waals surface area (Å²) in [6, 6.07) is 4.30. The molecule has 0 fully saturated rings. The molecule has 2 rings (SSSR count). The van der Waals surface area contributed by atoms with E-state index in [0.29, 0.717) is 5.56 Å². The van der Waals surface area contributed by atoms with Gasteiger partial charge in [-0.2, -0.15) is 0 Å². The van der Waals surface area contributed by atoms with Crippen LogP contribution in [-0.4, -0.2) is 17.9 Å². The van der Waals surface area contributed by atoms with Crippen LogP contribution in [0.3, 0.4) is 0 Å². The molecule has 0 aliphatic heterocycles. The molecule has 2 nitrogen and oxygen atoms in total. The van der Waals surface area contributed by atoms with Gasteiger partial charge in [0.15, 0.2) is 0 Å². The summed E-state index contributed by atoms with van der Waals surface area (Å²) < 4.78 is 31.9. The number of carbonyl (C=O) groups excluding carboxylic acids is 1. The molecule has 1 aromatic rings. The average molecular weight is 291 g/mol. The SMILES string of the molecule is COC(=O)c1cccc2c1CC(Br)C2(F)F. The highest BCUT2D eigenvalue weighted by atomic mass is 79.9. The summed E-state index contributed by atoms with van der Waals surface area (Å²) in [6.45, 7) is 0. The molecule has 0 aromatic heterocycles. The summed E-state index contributed by atoms with van der Waals surface area (Å²) in [5, 5.41) is 0. The number of halogens is 3. The summed E-state index contributed by atoms with van der Waals surface area (Å²) in [7, 11) is 1.24. The zero-order chi connectivity index (χ0) is 11.9. The molecular weight excluding hydrogens is 282 g/mol. The Labute approximate surface area is 99.7 Å². The van der Waals surface area contributed by atoms with Crippen molar-refractivity contribution in [1.82, 2.24) is 0 Å². The lowest BCUT2D eigenvalue weighted by molar-refractivity contribution is 0.00633. The van der Waals surface area contributed by atoms with Crippen molar-refractivity contribution >= 4 is 21.9 Å². The van der Waals surface area contributed by atoms with E-state index >= 15 is 0 Å². The van der Waals surface area contributed by atoms with Crippen LogP contribution in [0.4, 0.5) is 8.78 Å². The highest BCUT2D eigenvalue weighted by Gasteiger charge is 2.48. The Hall–Kier alpha value is -0.970. The third-order valence-corrected chi connectivity index (χ3v) is 3.62. The standard InChI is InChI=1S/C11H9BrF2O2/c1-16-10(15)6-3-2-4-8-7(6)5-9(12)11(8,13)14/h2-4,9H,5H2,1H3. The lowest BCUT2D eigenvalue weighted by Gasteiger charge is -2.14. The molecule has 0 amide bonds. The van der Waals surface area contributed by atoms with Gasteiger partial charge in [0.25, 0.3) is 5.92 Å². The molecule has 0 heterocycles. The first-order valence-electron chi connectivity index (χ1n) is 4.71. The Kier molecular flexibility index (Phi) is 2.74. The molecule has 1 aliphatic rings. The van der Waals surface area contributed by atoms with Crippen LogP contribution in [-0.2, 0) is 17.1 Å². The van der Waals surface area contributed by atoms with Crippen LogP contribution in [0.2, 0.25) is 0 Å². The molecule has 5 heteroatoms. The Morgan fingerprint density at radius 3 is 2.88 bits per heavy atom. The number of hydrogen-bond acceptors (Lipinski definition) is 2. The molecule has 1 atom stereocenters. The van der Waals surface area contributed by atoms with Crippen molar-refractivity contribution in [3.05, 3.63) is 34.9 Å². The van der Waals surface area contributed by atoms with Crippen LogP contribution in [0.1, 0.15) is 21.5 Å². The molecular formula is C11H9BrF2O2. The van der Waals surface area contributed by atoms with Gasteiger partial charge in [-0.1, -0.05) is 28.1 Å². The average Bonchev–Trinajstić information content (AvgIpc) is 2.49. The fraction of sp³-hybridized carbons (Fsp3) is 0.364. The predicted octanol–water partition coefficient (Wildman–Crippen LogP) is 2.88. The van der Waals surface area contributed by atoms with Gasteiger partial charge in [-0.3, -0.25) is 0 Å². The molecule has 0 saturated carbocycles. The summed E-state index contributed by atoms with van der Waals surface area (Å²) in [5.41, 5.74) is 0.514. The zero-order valence-electron chi connectivity index (χ0n) is 8.47. The number of esters is 1. The number of hydrogen-bond donors (Lipinski definition) is 0. The van der Waals surface area contributed by atoms with E-state index in [1.807, 2.05) is 0 Å². The van der Waals surface area contributed by atoms with E-state index in [9.17, 15) is 13.6 Å². The monoisotopic (exact) mass is 290 g/mol. The molecule has 1 aromatic carbocycles. The first-order chi connectivity index (χ1) is 7.48. The van der Waals surface area contributed by atoms with E-state index in [4.69, 9.17) is 0 Å². The van der Waals surface area contributed by atoms with Gasteiger partial charge < -0.3 is 4.74 Å². The van der Waals surface area contributed by atoms with Crippen LogP contribution in [0, 0.1) is 0 Å². The lowest BCUT2D eigenvalue weighted by atomic mass is 10.0. The van der Waals surface area contributed by atoms with Crippen molar-refractivity contribution in [3.63, 3.8) is 0 Å². The summed E-state index contributed by atoms with van der Waals surface area (Å²) in [6.07, 6.45) is 0.133. The number of alkyl halides is 3. The molecule has 1 aliphatic carbocycles. The van der Waals surface area contributed by atoms with E-state index in [1.54, 1.807) is 0 Å². The van der Waals surface area contributed by atoms with Crippen LogP contribution in [0.25, 0.3) is 0 Å². The highest BCUT2D eigenvalue weighted by Crippen LogP contribution is 2.46. The van der Waals surface area contributed by atoms with Crippen molar-refractivity contribution in [2.45, 2.75) is 17.2 Å². The van der Waals surface area contributed by atoms with E-state index in [-0.39, 0.29) is 17.5 Å². The fourth-order valence-electron chi connectivity index (χ4n) is 1.90. The van der Waals surface area contributed by atoms with Crippen LogP contribution >= 0.6 is 15.9 Å². The minimum atomic E-state index is -2.93. The van der Waals surface area contributed by atoms with Gasteiger partial charge in [-0.15, -0.1) is 0 Å². The number of carbonyl (C=O) groups is 1. The van der Waals surface area contributed by atoms with Gasteiger partial charge in [-0.25, -0.2) is 13.6 Å². The Morgan fingerprint density at radius 1 is 1.56 bits per heavy atom. The second-order valence-corrected chi connectivity index (χ2v) is 4.72. The molecule has 0 radical (unpaired) electrons. The molecule has 16 heavy (non-hydrogen) atoms. The Bertz CT molecular complexity index is 446. The van der Waals surface area contributed by atoms with E-state index in [2.05, 4.69) is 20.7 Å². The highest BCUT2D eigenvalue weighted by molar-refractivity contribution is 9.09. The predicted molar refractivity (Wildman–Crippen MR) is 58.1 cm³/mol. The Balaban J connectivity index is 2.57. The third kappa shape index (κ3) is 1.54. The van der Waals surface area contributed by atoms with Gasteiger partial charge in [0.2, 0.25) is 0 Å². The maximum Gasteiger partial charge on any atom is 0.338 e. The maximum absolute atomic E-state index is 13.7. The normalized spacial score (nSPS) is 21.6. The number of methoxy groups -OCH3 is 1. The summed E-state index contributed by atoms with van der Waals surface area (Å²) in [5.74, 6) is -3.51. The number of benzene rings is 1. The first kappa shape index (κ1) is 11.5. The van der Waals surface area contributed by atoms with Crippen LogP contribution in [0.15, 0.2) is 18.2 Å². The van der Waals surface area contributed by atoms with Gasteiger partial charge in [-0.05, 0) is 18.1 Å². The zero-order valence-corrected chi connectivity index (χ0v) is 10.1. The number of rotatable bonds is 1. The van der Waals surface area contributed by atoms with E-state index in [1.165, 1.54) is 25.3 Å². The topological polar surface area (TPSA) is 26.3 Å². The molecule has 86 valence electrons. The second kappa shape index (κ2) is 3.80. The van der Waals surface area contributed by atoms with Crippen molar-refractivity contribution in [3.8, 4) is 0 Å². The number of ether oxygens (including phenoxy) is 1. The van der Waals surface area contributed by atoms with E-state index < -0.39 is 16.7 Å². The second-order valence-electron chi connectivity index (χ2n) is 3.62. The molecule has 1 unspecified atom stereocenters. The van der Waals surface area contributed by atoms with Gasteiger partial charge in [0.1, 0.15) is 0 Å². The molecule has 0 N–H and O–H groups in total. The van der Waals surface area contributed by atoms with Crippen molar-refractivity contribution < 1.29 is 18.3 Å². The van der Waals surface area contributed by atoms with Crippen molar-refractivity contribution in [1.29, 1.82) is 0 Å². The quantitative estimate of drug-likeness (QED) is 0.587. The minimum absolute atomic E-state index is 0.0859. The molecule has 0 bridgehead atoms. The summed E-state index contributed by atoms with van der Waals surface area (Å²) in [4.78, 5) is 10.5. The molecule has 0 spiro atoms. The largest absolute Gasteiger partial charge is 0.465 e. The maximum atomic E-state index is 13.7. The minimum Gasteiger partial charge on any atom is -0.465 e. The lowest BCUT2D eigenvalue weighted by Crippen LogP contribution is -2.20. The third-order valence-electron chi connectivity index (χ3n) is 2.72. The van der Waals surface area contributed by atoms with Crippen molar-refractivity contribution in [2.75, 3.05) is 7.11 Å². The summed E-state index contributed by atoms with van der Waals surface area (Å²) >= 11 is 2.94. The Morgan fingerprint density at radius 2 is 2.25 bits per heavy atom. The van der Waals surface area contributed by atoms with Crippen LogP contribution < -0.4 is 0 Å². The first-order valence-corrected chi connectivity index (χ1v) is 5.62. The van der Waals surface area contributed by atoms with E-state index in [0.717, 1.165) is 0 Å². The fourth-order valence-corrected chi connectivity index (χ4v) is 2.47. The van der Waals surface area contributed by atoms with Gasteiger partial charge >= 0.3 is 5.97 Å². The van der Waals surface area contributed by atoms with Gasteiger partial charge in [0.05, 0.1) is 17.5 Å². The number of fused-ring (bicyclic) bond motifs is 1. The van der Waals surface area contributed by atoms with Crippen LogP contribution in [0.5, 0.6) is 0 Å². The van der Waals surface area contributed by atoms with Crippen molar-refractivity contribution in [2.24, 2.45) is 0 Å².